The molecular formula is C17H18ClN7O3. The Balaban J connectivity index is 1.72. The number of halogens is 1. The van der Waals surface area contributed by atoms with Crippen LogP contribution in [0.1, 0.15) is 30.6 Å². The summed E-state index contributed by atoms with van der Waals surface area (Å²) < 4.78 is 2.90. The zero-order chi connectivity index (χ0) is 20.3. The Morgan fingerprint density at radius 2 is 2.11 bits per heavy atom. The van der Waals surface area contributed by atoms with Crippen molar-refractivity contribution >= 4 is 29.3 Å². The number of hydrogen-bond donors (Lipinski definition) is 1. The smallest absolute Gasteiger partial charge is 0.358 e. The molecular weight excluding hydrogens is 386 g/mol. The Kier molecular flexibility index (Phi) is 5.69. The summed E-state index contributed by atoms with van der Waals surface area (Å²) in [5.74, 6) is -0.570. The molecule has 0 radical (unpaired) electrons. The van der Waals surface area contributed by atoms with E-state index in [1.165, 1.54) is 17.1 Å². The third-order valence-corrected chi connectivity index (χ3v) is 4.51. The van der Waals surface area contributed by atoms with Gasteiger partial charge in [0.15, 0.2) is 6.04 Å². The van der Waals surface area contributed by atoms with E-state index in [0.29, 0.717) is 23.7 Å². The Hall–Kier alpha value is -3.27. The van der Waals surface area contributed by atoms with Crippen LogP contribution in [-0.2, 0) is 11.3 Å². The quantitative estimate of drug-likeness (QED) is 0.478. The van der Waals surface area contributed by atoms with E-state index in [1.54, 1.807) is 24.6 Å². The molecule has 10 nitrogen and oxygen atoms in total. The third kappa shape index (κ3) is 4.17. The molecule has 2 heterocycles. The number of benzene rings is 1. The van der Waals surface area contributed by atoms with Crippen LogP contribution >= 0.6 is 11.6 Å². The Bertz CT molecular complexity index is 1010. The van der Waals surface area contributed by atoms with Crippen molar-refractivity contribution in [1.29, 1.82) is 0 Å². The minimum Gasteiger partial charge on any atom is -0.358 e. The van der Waals surface area contributed by atoms with Crippen LogP contribution in [0.4, 0.5) is 11.8 Å². The molecule has 0 bridgehead atoms. The first-order valence-electron chi connectivity index (χ1n) is 8.53. The first kappa shape index (κ1) is 19.5. The lowest BCUT2D eigenvalue weighted by molar-refractivity contribution is -0.389. The molecule has 146 valence electrons. The number of carbonyl (C=O) groups is 1. The Morgan fingerprint density at radius 1 is 1.36 bits per heavy atom. The zero-order valence-corrected chi connectivity index (χ0v) is 16.0. The number of aryl methyl sites for hydroxylation is 1. The van der Waals surface area contributed by atoms with E-state index in [9.17, 15) is 14.9 Å². The molecule has 1 aromatic carbocycles. The number of hydrogen-bond acceptors (Lipinski definition) is 6. The topological polar surface area (TPSA) is 121 Å². The second-order valence-electron chi connectivity index (χ2n) is 6.12. The summed E-state index contributed by atoms with van der Waals surface area (Å²) in [5.41, 5.74) is 1.39. The van der Waals surface area contributed by atoms with Crippen molar-refractivity contribution in [1.82, 2.24) is 24.5 Å². The van der Waals surface area contributed by atoms with Crippen LogP contribution < -0.4 is 5.32 Å². The lowest BCUT2D eigenvalue weighted by Gasteiger charge is -2.12. The Morgan fingerprint density at radius 3 is 2.75 bits per heavy atom. The Labute approximate surface area is 165 Å². The third-order valence-electron chi connectivity index (χ3n) is 4.14. The fourth-order valence-electron chi connectivity index (χ4n) is 2.77. The molecule has 0 aliphatic heterocycles. The highest BCUT2D eigenvalue weighted by molar-refractivity contribution is 6.31. The molecule has 1 atom stereocenters. The van der Waals surface area contributed by atoms with E-state index in [2.05, 4.69) is 20.5 Å². The summed E-state index contributed by atoms with van der Waals surface area (Å²) in [7, 11) is 0. The largest absolute Gasteiger partial charge is 0.390 e. The number of amides is 1. The first-order chi connectivity index (χ1) is 13.4. The summed E-state index contributed by atoms with van der Waals surface area (Å²) in [5, 5.41) is 22.3. The lowest BCUT2D eigenvalue weighted by atomic mass is 10.2. The summed E-state index contributed by atoms with van der Waals surface area (Å²) in [6, 6.07) is 7.98. The fraction of sp³-hybridized carbons (Fsp3) is 0.294. The molecule has 0 fully saturated rings. The average Bonchev–Trinajstić information content (AvgIpc) is 3.25. The molecule has 1 N–H and O–H groups in total. The molecule has 1 amide bonds. The minimum absolute atomic E-state index is 0.134. The van der Waals surface area contributed by atoms with Crippen molar-refractivity contribution in [3.8, 4) is 0 Å². The van der Waals surface area contributed by atoms with Gasteiger partial charge in [0.25, 0.3) is 5.91 Å². The maximum Gasteiger partial charge on any atom is 0.390 e. The standard InChI is InChI=1S/C17H18ClN7O3/c1-3-14(24-11(2)8-15(21-24)25(27)28)16(26)20-17-19-10-23(22-17)9-12-6-4-5-7-13(12)18/h4-8,10,14H,3,9H2,1-2H3,(H,20,22,26). The van der Waals surface area contributed by atoms with Gasteiger partial charge in [0.2, 0.25) is 5.95 Å². The highest BCUT2D eigenvalue weighted by Crippen LogP contribution is 2.20. The van der Waals surface area contributed by atoms with Crippen LogP contribution in [0.25, 0.3) is 0 Å². The minimum atomic E-state index is -0.718. The number of carbonyl (C=O) groups excluding carboxylic acids is 1. The van der Waals surface area contributed by atoms with Gasteiger partial charge in [-0.3, -0.25) is 10.1 Å². The number of rotatable bonds is 7. The van der Waals surface area contributed by atoms with Gasteiger partial charge in [0, 0.05) is 5.02 Å². The number of aromatic nitrogens is 5. The highest BCUT2D eigenvalue weighted by atomic mass is 35.5. The first-order valence-corrected chi connectivity index (χ1v) is 8.91. The van der Waals surface area contributed by atoms with E-state index >= 15 is 0 Å². The van der Waals surface area contributed by atoms with E-state index in [1.807, 2.05) is 18.2 Å². The van der Waals surface area contributed by atoms with E-state index in [4.69, 9.17) is 11.6 Å². The molecule has 0 saturated heterocycles. The van der Waals surface area contributed by atoms with Gasteiger partial charge in [-0.2, -0.15) is 4.68 Å². The van der Waals surface area contributed by atoms with Gasteiger partial charge >= 0.3 is 5.82 Å². The lowest BCUT2D eigenvalue weighted by Crippen LogP contribution is -2.27. The molecule has 0 saturated carbocycles. The number of nitro groups is 1. The van der Waals surface area contributed by atoms with E-state index < -0.39 is 16.9 Å². The molecule has 0 aliphatic carbocycles. The zero-order valence-electron chi connectivity index (χ0n) is 15.2. The maximum atomic E-state index is 12.6. The second kappa shape index (κ2) is 8.17. The van der Waals surface area contributed by atoms with Crippen molar-refractivity contribution in [3.63, 3.8) is 0 Å². The molecule has 3 aromatic rings. The van der Waals surface area contributed by atoms with Crippen LogP contribution in [0.15, 0.2) is 36.7 Å². The summed E-state index contributed by atoms with van der Waals surface area (Å²) >= 11 is 6.14. The highest BCUT2D eigenvalue weighted by Gasteiger charge is 2.27. The van der Waals surface area contributed by atoms with Gasteiger partial charge in [-0.05, 0) is 29.9 Å². The van der Waals surface area contributed by atoms with Crippen LogP contribution in [0.2, 0.25) is 5.02 Å². The summed E-state index contributed by atoms with van der Waals surface area (Å²) in [4.78, 5) is 27.1. The van der Waals surface area contributed by atoms with Crippen LogP contribution in [0.5, 0.6) is 0 Å². The van der Waals surface area contributed by atoms with Crippen LogP contribution in [-0.4, -0.2) is 35.4 Å². The molecule has 3 rings (SSSR count). The van der Waals surface area contributed by atoms with Crippen molar-refractivity contribution in [2.45, 2.75) is 32.9 Å². The van der Waals surface area contributed by atoms with Gasteiger partial charge in [-0.1, -0.05) is 36.7 Å². The number of anilines is 1. The predicted octanol–water partition coefficient (Wildman–Crippen LogP) is 2.98. The maximum absolute atomic E-state index is 12.6. The van der Waals surface area contributed by atoms with Gasteiger partial charge < -0.3 is 10.1 Å². The van der Waals surface area contributed by atoms with Gasteiger partial charge in [0.05, 0.1) is 23.4 Å². The van der Waals surface area contributed by atoms with E-state index in [0.717, 1.165) is 5.56 Å². The fourth-order valence-corrected chi connectivity index (χ4v) is 2.96. The molecule has 0 spiro atoms. The van der Waals surface area contributed by atoms with Crippen molar-refractivity contribution < 1.29 is 9.72 Å². The van der Waals surface area contributed by atoms with E-state index in [-0.39, 0.29) is 11.8 Å². The summed E-state index contributed by atoms with van der Waals surface area (Å²) in [6.45, 7) is 3.86. The molecule has 0 aliphatic rings. The molecule has 1 unspecified atom stereocenters. The number of nitrogens with one attached hydrogen (secondary N) is 1. The monoisotopic (exact) mass is 403 g/mol. The molecule has 28 heavy (non-hydrogen) atoms. The summed E-state index contributed by atoms with van der Waals surface area (Å²) in [6.07, 6.45) is 1.88. The second-order valence-corrected chi connectivity index (χ2v) is 6.52. The molecule has 11 heteroatoms. The van der Waals surface area contributed by atoms with Gasteiger partial charge in [0.1, 0.15) is 6.33 Å². The average molecular weight is 404 g/mol. The predicted molar refractivity (Wildman–Crippen MR) is 102 cm³/mol. The van der Waals surface area contributed by atoms with Crippen molar-refractivity contribution in [2.24, 2.45) is 0 Å². The molecule has 2 aromatic heterocycles. The number of nitrogens with zero attached hydrogens (tertiary/aromatic N) is 6. The van der Waals surface area contributed by atoms with Gasteiger partial charge in [-0.15, -0.1) is 5.10 Å². The van der Waals surface area contributed by atoms with Crippen LogP contribution in [0, 0.1) is 17.0 Å². The normalized spacial score (nSPS) is 12.0. The van der Waals surface area contributed by atoms with Crippen molar-refractivity contribution in [2.75, 3.05) is 5.32 Å². The van der Waals surface area contributed by atoms with Crippen LogP contribution in [0.3, 0.4) is 0 Å². The van der Waals surface area contributed by atoms with Gasteiger partial charge in [-0.25, -0.2) is 9.67 Å². The van der Waals surface area contributed by atoms with Crippen molar-refractivity contribution in [3.05, 3.63) is 63.1 Å². The SMILES string of the molecule is CCC(C(=O)Nc1ncn(Cc2ccccc2Cl)n1)n1nc([N+](=O)[O-])cc1C.